The Hall–Kier alpha value is -2.58. The van der Waals surface area contributed by atoms with Crippen LogP contribution in [0.25, 0.3) is 0 Å². The van der Waals surface area contributed by atoms with Gasteiger partial charge in [-0.1, -0.05) is 29.8 Å². The Morgan fingerprint density at radius 1 is 1.11 bits per heavy atom. The van der Waals surface area contributed by atoms with E-state index in [1.165, 1.54) is 12.6 Å². The molecule has 8 heteroatoms. The maximum absolute atomic E-state index is 11.9. The predicted octanol–water partition coefficient (Wildman–Crippen LogP) is 1.65. The van der Waals surface area contributed by atoms with Crippen LogP contribution in [0.1, 0.15) is 11.1 Å². The molecule has 0 aliphatic rings. The van der Waals surface area contributed by atoms with Crippen LogP contribution < -0.4 is 20.1 Å². The summed E-state index contributed by atoms with van der Waals surface area (Å²) in [6.07, 6.45) is 0. The van der Waals surface area contributed by atoms with Crippen LogP contribution in [0.3, 0.4) is 0 Å². The molecule has 3 N–H and O–H groups in total. The smallest absolute Gasteiger partial charge is 0.240 e. The van der Waals surface area contributed by atoms with Gasteiger partial charge in [0.25, 0.3) is 0 Å². The number of hydrogen-bond donors (Lipinski definition) is 3. The number of aryl methyl sites for hydroxylation is 1. The minimum Gasteiger partial charge on any atom is -0.492 e. The molecule has 0 aromatic heterocycles. The summed E-state index contributed by atoms with van der Waals surface area (Å²) in [5.74, 6) is 1.44. The molecule has 0 saturated heterocycles. The number of aliphatic imine (C=N–C) groups is 1. The summed E-state index contributed by atoms with van der Waals surface area (Å²) in [5, 5.41) is 6.32. The summed E-state index contributed by atoms with van der Waals surface area (Å²) in [4.78, 5) is 4.39. The topological polar surface area (TPSA) is 91.8 Å². The lowest BCUT2D eigenvalue weighted by atomic mass is 10.2. The number of rotatable bonds is 8. The lowest BCUT2D eigenvalue weighted by Crippen LogP contribution is -2.38. The van der Waals surface area contributed by atoms with Crippen molar-refractivity contribution in [1.82, 2.24) is 15.4 Å². The second-order valence-corrected chi connectivity index (χ2v) is 7.76. The van der Waals surface area contributed by atoms with E-state index < -0.39 is 10.0 Å². The molecular weight excluding hydrogens is 364 g/mol. The monoisotopic (exact) mass is 390 g/mol. The molecular formula is C19H26N4O3S. The molecule has 0 atom stereocenters. The fourth-order valence-electron chi connectivity index (χ4n) is 2.32. The largest absolute Gasteiger partial charge is 0.492 e. The van der Waals surface area contributed by atoms with E-state index in [4.69, 9.17) is 4.74 Å². The first-order valence-electron chi connectivity index (χ1n) is 8.61. The molecule has 0 spiro atoms. The second kappa shape index (κ2) is 9.94. The van der Waals surface area contributed by atoms with E-state index >= 15 is 0 Å². The van der Waals surface area contributed by atoms with Crippen LogP contribution >= 0.6 is 0 Å². The fraction of sp³-hybridized carbons (Fsp3) is 0.316. The van der Waals surface area contributed by atoms with Gasteiger partial charge in [0.05, 0.1) is 11.4 Å². The number of benzene rings is 2. The second-order valence-electron chi connectivity index (χ2n) is 5.87. The minimum absolute atomic E-state index is 0.235. The summed E-state index contributed by atoms with van der Waals surface area (Å²) in [6, 6.07) is 14.7. The van der Waals surface area contributed by atoms with E-state index in [-0.39, 0.29) is 4.90 Å². The van der Waals surface area contributed by atoms with Crippen molar-refractivity contribution in [2.45, 2.75) is 18.4 Å². The first kappa shape index (κ1) is 20.7. The van der Waals surface area contributed by atoms with Gasteiger partial charge in [0.15, 0.2) is 5.96 Å². The standard InChI is InChI=1S/C19H26N4O3S/c1-15-7-9-17(10-8-15)26-12-11-22-19(20-2)23-14-16-5-4-6-18(13-16)27(24,25)21-3/h4-10,13,21H,11-12,14H2,1-3H3,(H2,20,22,23). The van der Waals surface area contributed by atoms with E-state index in [9.17, 15) is 8.42 Å². The van der Waals surface area contributed by atoms with Crippen LogP contribution in [-0.2, 0) is 16.6 Å². The van der Waals surface area contributed by atoms with E-state index in [1.807, 2.05) is 37.3 Å². The highest BCUT2D eigenvalue weighted by atomic mass is 32.2. The van der Waals surface area contributed by atoms with Gasteiger partial charge in [-0.05, 0) is 43.8 Å². The molecule has 27 heavy (non-hydrogen) atoms. The van der Waals surface area contributed by atoms with Crippen molar-refractivity contribution in [3.63, 3.8) is 0 Å². The van der Waals surface area contributed by atoms with Crippen molar-refractivity contribution in [1.29, 1.82) is 0 Å². The highest BCUT2D eigenvalue weighted by Crippen LogP contribution is 2.11. The van der Waals surface area contributed by atoms with Crippen LogP contribution in [0.4, 0.5) is 0 Å². The van der Waals surface area contributed by atoms with Gasteiger partial charge >= 0.3 is 0 Å². The normalized spacial score (nSPS) is 11.9. The Morgan fingerprint density at radius 3 is 2.52 bits per heavy atom. The third-order valence-corrected chi connectivity index (χ3v) is 5.26. The average molecular weight is 391 g/mol. The number of nitrogens with one attached hydrogen (secondary N) is 3. The Balaban J connectivity index is 1.80. The van der Waals surface area contributed by atoms with Crippen molar-refractivity contribution in [3.8, 4) is 5.75 Å². The fourth-order valence-corrected chi connectivity index (χ4v) is 3.12. The summed E-state index contributed by atoms with van der Waals surface area (Å²) in [5.41, 5.74) is 2.03. The maximum Gasteiger partial charge on any atom is 0.240 e. The van der Waals surface area contributed by atoms with Gasteiger partial charge in [-0.25, -0.2) is 13.1 Å². The maximum atomic E-state index is 11.9. The van der Waals surface area contributed by atoms with Crippen molar-refractivity contribution < 1.29 is 13.2 Å². The lowest BCUT2D eigenvalue weighted by Gasteiger charge is -2.13. The molecule has 0 radical (unpaired) electrons. The minimum atomic E-state index is -3.45. The molecule has 0 saturated carbocycles. The molecule has 0 aliphatic heterocycles. The van der Waals surface area contributed by atoms with Gasteiger partial charge in [-0.15, -0.1) is 0 Å². The van der Waals surface area contributed by atoms with Crippen molar-refractivity contribution in [2.75, 3.05) is 27.2 Å². The van der Waals surface area contributed by atoms with Crippen molar-refractivity contribution in [2.24, 2.45) is 4.99 Å². The van der Waals surface area contributed by atoms with Crippen LogP contribution in [0.15, 0.2) is 58.4 Å². The summed E-state index contributed by atoms with van der Waals surface area (Å²) >= 11 is 0. The van der Waals surface area contributed by atoms with Crippen LogP contribution in [0.2, 0.25) is 0 Å². The molecule has 0 aliphatic carbocycles. The average Bonchev–Trinajstić information content (AvgIpc) is 2.69. The van der Waals surface area contributed by atoms with Crippen molar-refractivity contribution in [3.05, 3.63) is 59.7 Å². The molecule has 0 unspecified atom stereocenters. The van der Waals surface area contributed by atoms with E-state index in [0.717, 1.165) is 11.3 Å². The van der Waals surface area contributed by atoms with Gasteiger partial charge in [-0.2, -0.15) is 0 Å². The third-order valence-electron chi connectivity index (χ3n) is 3.85. The zero-order valence-electron chi connectivity index (χ0n) is 15.8. The number of guanidine groups is 1. The van der Waals surface area contributed by atoms with Gasteiger partial charge in [0.2, 0.25) is 10.0 Å². The summed E-state index contributed by atoms with van der Waals surface area (Å²) in [7, 11) is -0.380. The Labute approximate surface area is 160 Å². The number of sulfonamides is 1. The highest BCUT2D eigenvalue weighted by Gasteiger charge is 2.11. The van der Waals surface area contributed by atoms with E-state index in [2.05, 4.69) is 20.3 Å². The molecule has 2 rings (SSSR count). The van der Waals surface area contributed by atoms with Crippen LogP contribution in [0.5, 0.6) is 5.75 Å². The molecule has 0 fully saturated rings. The first-order chi connectivity index (χ1) is 12.9. The lowest BCUT2D eigenvalue weighted by molar-refractivity contribution is 0.322. The van der Waals surface area contributed by atoms with Gasteiger partial charge in [0.1, 0.15) is 12.4 Å². The zero-order valence-corrected chi connectivity index (χ0v) is 16.6. The number of hydrogen-bond acceptors (Lipinski definition) is 4. The molecule has 0 heterocycles. The molecule has 0 amide bonds. The van der Waals surface area contributed by atoms with Gasteiger partial charge in [0, 0.05) is 13.6 Å². The highest BCUT2D eigenvalue weighted by molar-refractivity contribution is 7.89. The van der Waals surface area contributed by atoms with Crippen molar-refractivity contribution >= 4 is 16.0 Å². The van der Waals surface area contributed by atoms with E-state index in [1.54, 1.807) is 25.2 Å². The van der Waals surface area contributed by atoms with Crippen LogP contribution in [-0.4, -0.2) is 41.6 Å². The number of nitrogens with zero attached hydrogens (tertiary/aromatic N) is 1. The molecule has 0 bridgehead atoms. The quantitative estimate of drug-likeness (QED) is 0.362. The Kier molecular flexibility index (Phi) is 7.63. The molecule has 2 aromatic rings. The van der Waals surface area contributed by atoms with Gasteiger partial charge in [-0.3, -0.25) is 4.99 Å². The van der Waals surface area contributed by atoms with E-state index in [0.29, 0.717) is 25.7 Å². The first-order valence-corrected chi connectivity index (χ1v) is 10.1. The predicted molar refractivity (Wildman–Crippen MR) is 108 cm³/mol. The zero-order chi connectivity index (χ0) is 19.7. The third kappa shape index (κ3) is 6.58. The molecule has 7 nitrogen and oxygen atoms in total. The Bertz CT molecular complexity index is 865. The summed E-state index contributed by atoms with van der Waals surface area (Å²) < 4.78 is 31.7. The molecule has 146 valence electrons. The Morgan fingerprint density at radius 2 is 1.85 bits per heavy atom. The molecule has 2 aromatic carbocycles. The number of ether oxygens (including phenoxy) is 1. The van der Waals surface area contributed by atoms with Gasteiger partial charge < -0.3 is 15.4 Å². The van der Waals surface area contributed by atoms with Crippen LogP contribution in [0, 0.1) is 6.92 Å². The SMILES string of the molecule is CN=C(NCCOc1ccc(C)cc1)NCc1cccc(S(=O)(=O)NC)c1. The summed E-state index contributed by atoms with van der Waals surface area (Å²) in [6.45, 7) is 3.57.